The van der Waals surface area contributed by atoms with Crippen molar-refractivity contribution < 1.29 is 22.7 Å². The molecule has 0 fully saturated rings. The highest BCUT2D eigenvalue weighted by atomic mass is 32.2. The number of amides is 2. The second-order valence-electron chi connectivity index (χ2n) is 4.35. The summed E-state index contributed by atoms with van der Waals surface area (Å²) in [6, 6.07) is 7.62. The first-order chi connectivity index (χ1) is 10.8. The van der Waals surface area contributed by atoms with Crippen LogP contribution in [-0.4, -0.2) is 32.4 Å². The molecule has 1 aromatic heterocycles. The minimum atomic E-state index is -3.84. The second-order valence-corrected chi connectivity index (χ2v) is 6.30. The molecule has 1 heterocycles. The number of primary amides is 1. The normalized spacial score (nSPS) is 10.8. The van der Waals surface area contributed by atoms with Crippen molar-refractivity contribution in [2.75, 3.05) is 7.05 Å². The molecule has 0 saturated carbocycles. The predicted octanol–water partition coefficient (Wildman–Crippen LogP) is 0.732. The van der Waals surface area contributed by atoms with E-state index in [1.54, 1.807) is 0 Å². The molecule has 23 heavy (non-hydrogen) atoms. The molecule has 120 valence electrons. The van der Waals surface area contributed by atoms with Crippen LogP contribution in [0.3, 0.4) is 0 Å². The summed E-state index contributed by atoms with van der Waals surface area (Å²) in [5, 5.41) is 2.37. The Morgan fingerprint density at radius 3 is 2.35 bits per heavy atom. The van der Waals surface area contributed by atoms with E-state index in [2.05, 4.69) is 15.0 Å². The van der Waals surface area contributed by atoms with Crippen molar-refractivity contribution in [3.8, 4) is 5.75 Å². The summed E-state index contributed by atoms with van der Waals surface area (Å²) in [5.41, 5.74) is 4.86. The van der Waals surface area contributed by atoms with Crippen LogP contribution in [0.1, 0.15) is 10.5 Å². The molecule has 2 amide bonds. The topological polar surface area (TPSA) is 128 Å². The fourth-order valence-electron chi connectivity index (χ4n) is 1.77. The molecule has 0 aliphatic heterocycles. The molecule has 1 aromatic carbocycles. The van der Waals surface area contributed by atoms with Crippen molar-refractivity contribution in [1.82, 2.24) is 10.3 Å². The number of benzene rings is 1. The molecule has 0 aliphatic rings. The Labute approximate surface area is 132 Å². The maximum absolute atomic E-state index is 12.5. The van der Waals surface area contributed by atoms with E-state index in [1.165, 1.54) is 49.6 Å². The minimum absolute atomic E-state index is 0.0118. The number of hydrogen-bond donors (Lipinski definition) is 2. The van der Waals surface area contributed by atoms with Gasteiger partial charge >= 0.3 is 6.09 Å². The van der Waals surface area contributed by atoms with E-state index >= 15 is 0 Å². The first-order valence-corrected chi connectivity index (χ1v) is 7.83. The van der Waals surface area contributed by atoms with E-state index in [1.807, 2.05) is 0 Å². The number of aromatic nitrogens is 1. The zero-order chi connectivity index (χ0) is 17.0. The third-order valence-corrected chi connectivity index (χ3v) is 4.62. The van der Waals surface area contributed by atoms with Crippen LogP contribution >= 0.6 is 0 Å². The van der Waals surface area contributed by atoms with Gasteiger partial charge in [0, 0.05) is 13.2 Å². The molecule has 0 saturated heterocycles. The summed E-state index contributed by atoms with van der Waals surface area (Å²) in [5.74, 6) is -0.371. The number of hydrogen-bond acceptors (Lipinski definition) is 6. The van der Waals surface area contributed by atoms with Crippen molar-refractivity contribution in [1.29, 1.82) is 0 Å². The van der Waals surface area contributed by atoms with Gasteiger partial charge in [0.15, 0.2) is 0 Å². The second kappa shape index (κ2) is 6.44. The van der Waals surface area contributed by atoms with E-state index < -0.39 is 21.8 Å². The summed E-state index contributed by atoms with van der Waals surface area (Å²) in [4.78, 5) is 25.9. The minimum Gasteiger partial charge on any atom is -0.411 e. The molecular weight excluding hydrogens is 322 g/mol. The zero-order valence-electron chi connectivity index (χ0n) is 12.0. The Morgan fingerprint density at radius 2 is 1.78 bits per heavy atom. The molecule has 3 N–H and O–H groups in total. The van der Waals surface area contributed by atoms with Gasteiger partial charge in [0.1, 0.15) is 11.4 Å². The first-order valence-electron chi connectivity index (χ1n) is 6.35. The van der Waals surface area contributed by atoms with E-state index in [-0.39, 0.29) is 21.2 Å². The van der Waals surface area contributed by atoms with Crippen LogP contribution in [0.4, 0.5) is 4.79 Å². The van der Waals surface area contributed by atoms with Crippen LogP contribution in [-0.2, 0) is 9.84 Å². The van der Waals surface area contributed by atoms with E-state index in [4.69, 9.17) is 5.73 Å². The van der Waals surface area contributed by atoms with Crippen molar-refractivity contribution >= 4 is 21.8 Å². The molecule has 0 aliphatic carbocycles. The number of carbonyl (C=O) groups excluding carboxylic acids is 2. The van der Waals surface area contributed by atoms with E-state index in [0.717, 1.165) is 0 Å². The Hall–Kier alpha value is -2.94. The standard InChI is InChI=1S/C14H13N3O5S/c1-16-13(18)12-8-11(6-7-17-12)23(20,21)10-4-2-9(3-5-10)22-14(15)19/h2-8H,1H3,(H2,15,19)(H,16,18). The molecule has 0 radical (unpaired) electrons. The Morgan fingerprint density at radius 1 is 1.13 bits per heavy atom. The Bertz CT molecular complexity index is 847. The van der Waals surface area contributed by atoms with Gasteiger partial charge in [-0.05, 0) is 36.4 Å². The third-order valence-electron chi connectivity index (χ3n) is 2.85. The van der Waals surface area contributed by atoms with Gasteiger partial charge in [-0.1, -0.05) is 0 Å². The maximum Gasteiger partial charge on any atom is 0.409 e. The lowest BCUT2D eigenvalue weighted by atomic mass is 10.3. The summed E-state index contributed by atoms with van der Waals surface area (Å²) in [6.07, 6.45) is 0.243. The lowest BCUT2D eigenvalue weighted by Crippen LogP contribution is -2.19. The molecule has 0 spiro atoms. The smallest absolute Gasteiger partial charge is 0.409 e. The van der Waals surface area contributed by atoms with Crippen LogP contribution in [0.2, 0.25) is 0 Å². The van der Waals surface area contributed by atoms with Gasteiger partial charge in [0.2, 0.25) is 9.84 Å². The predicted molar refractivity (Wildman–Crippen MR) is 79.7 cm³/mol. The maximum atomic E-state index is 12.5. The number of nitrogens with zero attached hydrogens (tertiary/aromatic N) is 1. The van der Waals surface area contributed by atoms with Crippen LogP contribution in [0.15, 0.2) is 52.4 Å². The van der Waals surface area contributed by atoms with E-state index in [9.17, 15) is 18.0 Å². The number of nitrogens with two attached hydrogens (primary N) is 1. The van der Waals surface area contributed by atoms with Gasteiger partial charge in [-0.15, -0.1) is 0 Å². The monoisotopic (exact) mass is 335 g/mol. The van der Waals surface area contributed by atoms with Gasteiger partial charge in [-0.25, -0.2) is 13.2 Å². The highest BCUT2D eigenvalue weighted by molar-refractivity contribution is 7.91. The molecule has 2 rings (SSSR count). The number of nitrogens with one attached hydrogen (secondary N) is 1. The summed E-state index contributed by atoms with van der Waals surface area (Å²) in [7, 11) is -2.42. The van der Waals surface area contributed by atoms with E-state index in [0.29, 0.717) is 0 Å². The molecule has 2 aromatic rings. The van der Waals surface area contributed by atoms with Gasteiger partial charge < -0.3 is 15.8 Å². The molecular formula is C14H13N3O5S. The van der Waals surface area contributed by atoms with Gasteiger partial charge in [-0.3, -0.25) is 9.78 Å². The lowest BCUT2D eigenvalue weighted by Gasteiger charge is -2.07. The molecule has 8 nitrogen and oxygen atoms in total. The van der Waals surface area contributed by atoms with Crippen LogP contribution in [0.25, 0.3) is 0 Å². The van der Waals surface area contributed by atoms with Gasteiger partial charge in [0.05, 0.1) is 9.79 Å². The Balaban J connectivity index is 2.38. The number of rotatable bonds is 4. The Kier molecular flexibility index (Phi) is 4.60. The summed E-state index contributed by atoms with van der Waals surface area (Å²) in [6.45, 7) is 0. The van der Waals surface area contributed by atoms with Crippen LogP contribution in [0, 0.1) is 0 Å². The largest absolute Gasteiger partial charge is 0.411 e. The first kappa shape index (κ1) is 16.4. The highest BCUT2D eigenvalue weighted by Gasteiger charge is 2.19. The zero-order valence-corrected chi connectivity index (χ0v) is 12.8. The quantitative estimate of drug-likeness (QED) is 0.847. The van der Waals surface area contributed by atoms with Crippen LogP contribution in [0.5, 0.6) is 5.75 Å². The average Bonchev–Trinajstić information content (AvgIpc) is 2.54. The molecule has 0 unspecified atom stereocenters. The highest BCUT2D eigenvalue weighted by Crippen LogP contribution is 2.23. The van der Waals surface area contributed by atoms with Crippen molar-refractivity contribution in [2.45, 2.75) is 9.79 Å². The summed E-state index contributed by atoms with van der Waals surface area (Å²) < 4.78 is 29.7. The van der Waals surface area contributed by atoms with Gasteiger partial charge in [-0.2, -0.15) is 0 Å². The number of pyridine rings is 1. The lowest BCUT2D eigenvalue weighted by molar-refractivity contribution is 0.0958. The third kappa shape index (κ3) is 3.64. The fraction of sp³-hybridized carbons (Fsp3) is 0.0714. The van der Waals surface area contributed by atoms with Gasteiger partial charge in [0.25, 0.3) is 5.91 Å². The SMILES string of the molecule is CNC(=O)c1cc(S(=O)(=O)c2ccc(OC(N)=O)cc2)ccn1. The summed E-state index contributed by atoms with van der Waals surface area (Å²) >= 11 is 0. The number of sulfone groups is 1. The molecule has 0 atom stereocenters. The van der Waals surface area contributed by atoms with Crippen LogP contribution < -0.4 is 15.8 Å². The van der Waals surface area contributed by atoms with Crippen molar-refractivity contribution in [3.63, 3.8) is 0 Å². The molecule has 9 heteroatoms. The average molecular weight is 335 g/mol. The number of carbonyl (C=O) groups is 2. The molecule has 0 bridgehead atoms. The van der Waals surface area contributed by atoms with Crippen molar-refractivity contribution in [2.24, 2.45) is 5.73 Å². The number of ether oxygens (including phenoxy) is 1. The van der Waals surface area contributed by atoms with Crippen molar-refractivity contribution in [3.05, 3.63) is 48.3 Å². The fourth-order valence-corrected chi connectivity index (χ4v) is 3.04.